The lowest BCUT2D eigenvalue weighted by Crippen LogP contribution is -2.32. The van der Waals surface area contributed by atoms with Gasteiger partial charge in [-0.2, -0.15) is 5.10 Å². The number of ketones is 1. The number of hydrogen-bond acceptors (Lipinski definition) is 7. The molecule has 0 spiro atoms. The Labute approximate surface area is 178 Å². The van der Waals surface area contributed by atoms with Gasteiger partial charge in [0.05, 0.1) is 18.7 Å². The summed E-state index contributed by atoms with van der Waals surface area (Å²) >= 11 is 0. The van der Waals surface area contributed by atoms with Crippen molar-refractivity contribution in [2.75, 3.05) is 20.6 Å². The average molecular weight is 419 g/mol. The van der Waals surface area contributed by atoms with Crippen molar-refractivity contribution in [2.24, 2.45) is 5.10 Å². The molecule has 0 radical (unpaired) electrons. The monoisotopic (exact) mass is 419 g/mol. The second-order valence-electron chi connectivity index (χ2n) is 8.12. The van der Waals surface area contributed by atoms with Gasteiger partial charge in [-0.1, -0.05) is 40.1 Å². The van der Waals surface area contributed by atoms with Crippen molar-refractivity contribution in [1.82, 2.24) is 30.6 Å². The fourth-order valence-electron chi connectivity index (χ4n) is 4.40. The summed E-state index contributed by atoms with van der Waals surface area (Å²) in [4.78, 5) is 18.8. The van der Waals surface area contributed by atoms with Gasteiger partial charge in [0.15, 0.2) is 5.78 Å². The Morgan fingerprint density at radius 1 is 1.26 bits per heavy atom. The van der Waals surface area contributed by atoms with E-state index in [1.54, 1.807) is 0 Å². The van der Waals surface area contributed by atoms with Gasteiger partial charge in [0.1, 0.15) is 17.8 Å². The Morgan fingerprint density at radius 3 is 2.77 bits per heavy atom. The summed E-state index contributed by atoms with van der Waals surface area (Å²) in [5.41, 5.74) is 4.58. The molecule has 1 aliphatic carbocycles. The van der Waals surface area contributed by atoms with Crippen LogP contribution in [0.4, 0.5) is 4.48 Å². The molecule has 8 nitrogen and oxygen atoms in total. The third-order valence-electron chi connectivity index (χ3n) is 5.68. The average Bonchev–Trinajstić information content (AvgIpc) is 3.21. The van der Waals surface area contributed by atoms with Crippen LogP contribution in [0.15, 0.2) is 70.4 Å². The van der Waals surface area contributed by atoms with Crippen molar-refractivity contribution >= 4 is 12.0 Å². The van der Waals surface area contributed by atoms with Gasteiger partial charge in [-0.15, -0.1) is 5.10 Å². The molecule has 0 amide bonds. The number of nitrogens with zero attached hydrogens (tertiary/aromatic N) is 5. The molecule has 3 heterocycles. The van der Waals surface area contributed by atoms with E-state index in [-0.39, 0.29) is 35.1 Å². The fourth-order valence-corrected chi connectivity index (χ4v) is 4.40. The second kappa shape index (κ2) is 7.59. The highest BCUT2D eigenvalue weighted by Gasteiger charge is 2.40. The molecular formula is C22H22FN7O. The predicted molar refractivity (Wildman–Crippen MR) is 113 cm³/mol. The number of rotatable bonds is 4. The number of carbonyl (C=O) groups is 1. The van der Waals surface area contributed by atoms with E-state index in [2.05, 4.69) is 60.8 Å². The van der Waals surface area contributed by atoms with Gasteiger partial charge in [-0.25, -0.2) is 4.98 Å². The van der Waals surface area contributed by atoms with Crippen LogP contribution in [0.2, 0.25) is 0 Å². The molecule has 158 valence electrons. The van der Waals surface area contributed by atoms with Crippen LogP contribution >= 0.6 is 0 Å². The SMILES string of the molecule is CN(C)Cc1ccc(C2C=C3C=NN(F)C4=CC(=O)CNC(=C34)C2c2ncn[nH]2)cc1. The van der Waals surface area contributed by atoms with E-state index in [4.69, 9.17) is 0 Å². The highest BCUT2D eigenvalue weighted by atomic mass is 19.2. The van der Waals surface area contributed by atoms with Crippen LogP contribution in [0.3, 0.4) is 0 Å². The molecule has 2 aliphatic heterocycles. The smallest absolute Gasteiger partial charge is 0.176 e. The summed E-state index contributed by atoms with van der Waals surface area (Å²) in [5, 5.41) is 14.3. The Bertz CT molecular complexity index is 1130. The minimum Gasteiger partial charge on any atom is -0.380 e. The van der Waals surface area contributed by atoms with Gasteiger partial charge in [-0.3, -0.25) is 9.89 Å². The molecule has 0 saturated carbocycles. The third-order valence-corrected chi connectivity index (χ3v) is 5.68. The maximum absolute atomic E-state index is 14.5. The van der Waals surface area contributed by atoms with Gasteiger partial charge < -0.3 is 10.2 Å². The van der Waals surface area contributed by atoms with Crippen molar-refractivity contribution in [3.63, 3.8) is 0 Å². The molecule has 2 N–H and O–H groups in total. The number of nitrogens with one attached hydrogen (secondary N) is 2. The molecule has 9 heteroatoms. The summed E-state index contributed by atoms with van der Waals surface area (Å²) in [6.45, 7) is 0.923. The quantitative estimate of drug-likeness (QED) is 0.739. The maximum atomic E-state index is 14.5. The number of hydrazone groups is 1. The maximum Gasteiger partial charge on any atom is 0.176 e. The topological polar surface area (TPSA) is 89.5 Å². The van der Waals surface area contributed by atoms with Gasteiger partial charge in [0.2, 0.25) is 0 Å². The van der Waals surface area contributed by atoms with E-state index in [0.29, 0.717) is 11.4 Å². The largest absolute Gasteiger partial charge is 0.380 e. The molecule has 2 unspecified atom stereocenters. The molecule has 0 saturated heterocycles. The summed E-state index contributed by atoms with van der Waals surface area (Å²) in [6, 6.07) is 8.44. The van der Waals surface area contributed by atoms with E-state index in [9.17, 15) is 9.28 Å². The third kappa shape index (κ3) is 3.46. The van der Waals surface area contributed by atoms with E-state index < -0.39 is 0 Å². The van der Waals surface area contributed by atoms with Crippen LogP contribution in [0.25, 0.3) is 0 Å². The number of H-pyrrole nitrogens is 1. The lowest BCUT2D eigenvalue weighted by molar-refractivity contribution is -0.113. The fraction of sp³-hybridized carbons (Fsp3) is 0.273. The first-order valence-electron chi connectivity index (χ1n) is 10.0. The summed E-state index contributed by atoms with van der Waals surface area (Å²) in [6.07, 6.45) is 6.32. The molecule has 31 heavy (non-hydrogen) atoms. The first-order chi connectivity index (χ1) is 15.0. The van der Waals surface area contributed by atoms with Crippen LogP contribution in [-0.4, -0.2) is 58.0 Å². The van der Waals surface area contributed by atoms with Crippen molar-refractivity contribution in [2.45, 2.75) is 18.4 Å². The number of carbonyl (C=O) groups excluding carboxylic acids is 1. The van der Waals surface area contributed by atoms with E-state index in [1.807, 2.05) is 14.1 Å². The zero-order valence-corrected chi connectivity index (χ0v) is 17.2. The number of hydrogen-bond donors (Lipinski definition) is 2. The Kier molecular flexibility index (Phi) is 4.74. The van der Waals surface area contributed by atoms with E-state index >= 15 is 0 Å². The standard InChI is InChI=1S/C22H22FN7O/c1-29(2)11-13-3-5-14(6-4-13)17-7-15-9-27-30(23)18-8-16(31)10-24-21(19(15)18)20(17)22-25-12-26-28-22/h3-9,12,17,20,24H,10-11H2,1-2H3,(H,25,26,28). The molecule has 3 aliphatic rings. The van der Waals surface area contributed by atoms with Gasteiger partial charge in [-0.05, 0) is 25.2 Å². The number of halogens is 1. The Morgan fingerprint density at radius 2 is 2.06 bits per heavy atom. The van der Waals surface area contributed by atoms with Gasteiger partial charge >= 0.3 is 0 Å². The number of aromatic nitrogens is 3. The highest BCUT2D eigenvalue weighted by Crippen LogP contribution is 2.47. The lowest BCUT2D eigenvalue weighted by Gasteiger charge is -2.35. The minimum absolute atomic E-state index is 0.0720. The van der Waals surface area contributed by atoms with Crippen molar-refractivity contribution in [3.8, 4) is 0 Å². The van der Waals surface area contributed by atoms with Crippen molar-refractivity contribution in [1.29, 1.82) is 0 Å². The van der Waals surface area contributed by atoms with Crippen LogP contribution in [-0.2, 0) is 11.3 Å². The van der Waals surface area contributed by atoms with Crippen molar-refractivity contribution < 1.29 is 9.28 Å². The lowest BCUT2D eigenvalue weighted by atomic mass is 9.74. The first-order valence-corrected chi connectivity index (χ1v) is 10.0. The number of benzene rings is 1. The number of aromatic amines is 1. The normalized spacial score (nSPS) is 22.7. The minimum atomic E-state index is -0.282. The molecule has 2 atom stereocenters. The summed E-state index contributed by atoms with van der Waals surface area (Å²) in [5.74, 6) is 0.0449. The second-order valence-corrected chi connectivity index (χ2v) is 8.12. The molecule has 0 fully saturated rings. The van der Waals surface area contributed by atoms with Gasteiger partial charge in [0, 0.05) is 35.4 Å². The predicted octanol–water partition coefficient (Wildman–Crippen LogP) is 2.17. The van der Waals surface area contributed by atoms with Gasteiger partial charge in [0.25, 0.3) is 0 Å². The highest BCUT2D eigenvalue weighted by molar-refractivity contribution is 5.97. The molecule has 1 aromatic heterocycles. The molecular weight excluding hydrogens is 397 g/mol. The Balaban J connectivity index is 1.64. The van der Waals surface area contributed by atoms with Crippen LogP contribution in [0, 0.1) is 0 Å². The molecule has 1 aromatic carbocycles. The van der Waals surface area contributed by atoms with Crippen LogP contribution < -0.4 is 5.32 Å². The van der Waals surface area contributed by atoms with Crippen LogP contribution in [0.1, 0.15) is 28.8 Å². The van der Waals surface area contributed by atoms with Crippen molar-refractivity contribution in [3.05, 3.63) is 82.2 Å². The molecule has 5 rings (SSSR count). The van der Waals surface area contributed by atoms with E-state index in [0.717, 1.165) is 23.4 Å². The summed E-state index contributed by atoms with van der Waals surface area (Å²) in [7, 11) is 4.07. The summed E-state index contributed by atoms with van der Waals surface area (Å²) < 4.78 is 14.5. The van der Waals surface area contributed by atoms with E-state index in [1.165, 1.54) is 24.2 Å². The number of allylic oxidation sites excluding steroid dienone is 3. The zero-order chi connectivity index (χ0) is 21.5. The Hall–Kier alpha value is -3.59. The first kappa shape index (κ1) is 19.4. The zero-order valence-electron chi connectivity index (χ0n) is 17.2. The van der Waals surface area contributed by atoms with Crippen LogP contribution in [0.5, 0.6) is 0 Å². The molecule has 0 bridgehead atoms. The molecule has 2 aromatic rings.